The highest BCUT2D eigenvalue weighted by Gasteiger charge is 2.47. The third-order valence-electron chi connectivity index (χ3n) is 5.70. The minimum absolute atomic E-state index is 0.0118. The molecule has 2 aromatic carbocycles. The van der Waals surface area contributed by atoms with Gasteiger partial charge in [0.1, 0.15) is 24.7 Å². The number of carbonyl (C=O) groups is 2. The van der Waals surface area contributed by atoms with Gasteiger partial charge < -0.3 is 24.2 Å². The van der Waals surface area contributed by atoms with Crippen molar-refractivity contribution < 1.29 is 28.9 Å². The van der Waals surface area contributed by atoms with E-state index in [-0.39, 0.29) is 17.9 Å². The number of fused-ring (bicyclic) bond motifs is 1. The monoisotopic (exact) mass is 463 g/mol. The molecule has 0 radical (unpaired) electrons. The van der Waals surface area contributed by atoms with Crippen LogP contribution >= 0.6 is 11.3 Å². The molecule has 1 N–H and O–H groups in total. The average molecular weight is 464 g/mol. The molecule has 1 fully saturated rings. The van der Waals surface area contributed by atoms with Gasteiger partial charge in [-0.3, -0.25) is 9.59 Å². The van der Waals surface area contributed by atoms with Crippen molar-refractivity contribution in [3.8, 4) is 17.2 Å². The quantitative estimate of drug-likeness (QED) is 0.348. The Hall–Kier alpha value is -3.78. The Morgan fingerprint density at radius 2 is 1.88 bits per heavy atom. The van der Waals surface area contributed by atoms with Gasteiger partial charge in [-0.05, 0) is 35.7 Å². The molecule has 2 aliphatic rings. The largest absolute Gasteiger partial charge is 0.507 e. The smallest absolute Gasteiger partial charge is 0.295 e. The predicted molar refractivity (Wildman–Crippen MR) is 123 cm³/mol. The average Bonchev–Trinajstić information content (AvgIpc) is 3.45. The first kappa shape index (κ1) is 21.1. The SMILES string of the molecule is COc1ccccc1C1/C(=C(\O)c2ccc3c(c2)OCCO3)C(=O)C(=O)N1Cc1cccs1. The number of nitrogens with zero attached hydrogens (tertiary/aromatic N) is 1. The lowest BCUT2D eigenvalue weighted by Gasteiger charge is -2.26. The first-order valence-corrected chi connectivity index (χ1v) is 11.3. The van der Waals surface area contributed by atoms with E-state index in [0.29, 0.717) is 41.6 Å². The molecule has 1 unspecified atom stereocenters. The number of thiophene rings is 1. The molecule has 0 aliphatic carbocycles. The molecule has 0 spiro atoms. The fourth-order valence-electron chi connectivity index (χ4n) is 4.18. The van der Waals surface area contributed by atoms with E-state index in [4.69, 9.17) is 14.2 Å². The molecule has 3 aromatic rings. The molecule has 0 bridgehead atoms. The lowest BCUT2D eigenvalue weighted by molar-refractivity contribution is -0.140. The number of Topliss-reactive ketones (excluding diaryl/α,β-unsaturated/α-hetero) is 1. The van der Waals surface area contributed by atoms with Crippen molar-refractivity contribution in [1.29, 1.82) is 0 Å². The van der Waals surface area contributed by atoms with E-state index >= 15 is 0 Å². The Morgan fingerprint density at radius 3 is 2.64 bits per heavy atom. The van der Waals surface area contributed by atoms with Crippen LogP contribution in [-0.4, -0.2) is 42.0 Å². The van der Waals surface area contributed by atoms with Crippen LogP contribution in [0.15, 0.2) is 65.6 Å². The zero-order chi connectivity index (χ0) is 22.9. The van der Waals surface area contributed by atoms with Gasteiger partial charge in [-0.15, -0.1) is 11.3 Å². The number of amides is 1. The summed E-state index contributed by atoms with van der Waals surface area (Å²) in [5, 5.41) is 13.2. The molecular formula is C25H21NO6S. The summed E-state index contributed by atoms with van der Waals surface area (Å²) in [4.78, 5) is 28.8. The number of methoxy groups -OCH3 is 1. The van der Waals surface area contributed by atoms with Crippen molar-refractivity contribution in [1.82, 2.24) is 4.90 Å². The van der Waals surface area contributed by atoms with Crippen molar-refractivity contribution in [2.75, 3.05) is 20.3 Å². The number of hydrogen-bond donors (Lipinski definition) is 1. The van der Waals surface area contributed by atoms with E-state index in [1.165, 1.54) is 23.3 Å². The molecule has 2 aliphatic heterocycles. The van der Waals surface area contributed by atoms with Gasteiger partial charge in [0.05, 0.1) is 25.3 Å². The minimum atomic E-state index is -0.809. The number of aliphatic hydroxyl groups excluding tert-OH is 1. The van der Waals surface area contributed by atoms with E-state index < -0.39 is 17.7 Å². The lowest BCUT2D eigenvalue weighted by atomic mass is 9.94. The second-order valence-corrected chi connectivity index (χ2v) is 8.64. The molecule has 1 atom stereocenters. The molecule has 8 heteroatoms. The van der Waals surface area contributed by atoms with Crippen LogP contribution in [-0.2, 0) is 16.1 Å². The van der Waals surface area contributed by atoms with Crippen molar-refractivity contribution in [2.24, 2.45) is 0 Å². The first-order chi connectivity index (χ1) is 16.1. The topological polar surface area (TPSA) is 85.3 Å². The molecule has 1 amide bonds. The summed E-state index contributed by atoms with van der Waals surface area (Å²) in [5.41, 5.74) is 1.00. The van der Waals surface area contributed by atoms with Gasteiger partial charge in [-0.2, -0.15) is 0 Å². The van der Waals surface area contributed by atoms with E-state index in [9.17, 15) is 14.7 Å². The highest BCUT2D eigenvalue weighted by Crippen LogP contribution is 2.44. The van der Waals surface area contributed by atoms with Crippen molar-refractivity contribution >= 4 is 28.8 Å². The summed E-state index contributed by atoms with van der Waals surface area (Å²) in [5.74, 6) is -0.110. The number of aliphatic hydroxyl groups is 1. The Balaban J connectivity index is 1.66. The maximum absolute atomic E-state index is 13.2. The molecule has 0 saturated carbocycles. The molecule has 5 rings (SSSR count). The highest BCUT2D eigenvalue weighted by atomic mass is 32.1. The van der Waals surface area contributed by atoms with Gasteiger partial charge in [0.15, 0.2) is 11.5 Å². The van der Waals surface area contributed by atoms with Gasteiger partial charge in [-0.1, -0.05) is 24.3 Å². The summed E-state index contributed by atoms with van der Waals surface area (Å²) in [6, 6.07) is 15.1. The molecular weight excluding hydrogens is 442 g/mol. The number of likely N-dealkylation sites (tertiary alicyclic amines) is 1. The number of carbonyl (C=O) groups excluding carboxylic acids is 2. The molecule has 7 nitrogen and oxygen atoms in total. The molecule has 33 heavy (non-hydrogen) atoms. The van der Waals surface area contributed by atoms with E-state index in [2.05, 4.69) is 0 Å². The maximum atomic E-state index is 13.2. The Labute approximate surface area is 194 Å². The van der Waals surface area contributed by atoms with Gasteiger partial charge in [0.25, 0.3) is 11.7 Å². The van der Waals surface area contributed by atoms with Crippen molar-refractivity contribution in [2.45, 2.75) is 12.6 Å². The second kappa shape index (κ2) is 8.63. The molecule has 3 heterocycles. The standard InChI is InChI=1S/C25H21NO6S/c1-30-18-7-3-2-6-17(18)22-21(24(28)25(29)26(22)14-16-5-4-12-33-16)23(27)15-8-9-19-20(13-15)32-11-10-31-19/h2-9,12-13,22,27H,10-11,14H2,1H3/b23-21+. The fraction of sp³-hybridized carbons (Fsp3) is 0.200. The third kappa shape index (κ3) is 3.72. The molecule has 1 aromatic heterocycles. The lowest BCUT2D eigenvalue weighted by Crippen LogP contribution is -2.29. The number of para-hydroxylation sites is 1. The molecule has 1 saturated heterocycles. The third-order valence-corrected chi connectivity index (χ3v) is 6.56. The van der Waals surface area contributed by atoms with Crippen LogP contribution < -0.4 is 14.2 Å². The Morgan fingerprint density at radius 1 is 1.09 bits per heavy atom. The van der Waals surface area contributed by atoms with E-state index in [1.54, 1.807) is 30.3 Å². The van der Waals surface area contributed by atoms with Gasteiger partial charge in [0, 0.05) is 16.0 Å². The number of rotatable bonds is 5. The Kier molecular flexibility index (Phi) is 5.51. The van der Waals surface area contributed by atoms with E-state index in [1.807, 2.05) is 29.6 Å². The summed E-state index contributed by atoms with van der Waals surface area (Å²) in [7, 11) is 1.53. The van der Waals surface area contributed by atoms with Gasteiger partial charge in [0.2, 0.25) is 0 Å². The summed E-state index contributed by atoms with van der Waals surface area (Å²) in [6.07, 6.45) is 0. The van der Waals surface area contributed by atoms with Crippen LogP contribution in [0.2, 0.25) is 0 Å². The summed E-state index contributed by atoms with van der Waals surface area (Å²) in [6.45, 7) is 1.08. The normalized spacial score (nSPS) is 19.1. The van der Waals surface area contributed by atoms with Gasteiger partial charge >= 0.3 is 0 Å². The number of benzene rings is 2. The first-order valence-electron chi connectivity index (χ1n) is 10.4. The van der Waals surface area contributed by atoms with Gasteiger partial charge in [-0.25, -0.2) is 0 Å². The van der Waals surface area contributed by atoms with Crippen LogP contribution in [0.5, 0.6) is 17.2 Å². The minimum Gasteiger partial charge on any atom is -0.507 e. The maximum Gasteiger partial charge on any atom is 0.295 e. The zero-order valence-electron chi connectivity index (χ0n) is 17.8. The van der Waals surface area contributed by atoms with Crippen LogP contribution in [0.4, 0.5) is 0 Å². The predicted octanol–water partition coefficient (Wildman–Crippen LogP) is 4.15. The fourth-order valence-corrected chi connectivity index (χ4v) is 4.88. The van der Waals surface area contributed by atoms with Crippen LogP contribution in [0.3, 0.4) is 0 Å². The number of ketones is 1. The Bertz CT molecular complexity index is 1250. The van der Waals surface area contributed by atoms with Crippen LogP contribution in [0.1, 0.15) is 22.0 Å². The van der Waals surface area contributed by atoms with Crippen molar-refractivity contribution in [3.63, 3.8) is 0 Å². The van der Waals surface area contributed by atoms with Crippen LogP contribution in [0.25, 0.3) is 5.76 Å². The van der Waals surface area contributed by atoms with E-state index in [0.717, 1.165) is 4.88 Å². The number of ether oxygens (including phenoxy) is 3. The highest BCUT2D eigenvalue weighted by molar-refractivity contribution is 7.09. The number of hydrogen-bond acceptors (Lipinski definition) is 7. The summed E-state index contributed by atoms with van der Waals surface area (Å²) < 4.78 is 16.7. The molecule has 168 valence electrons. The van der Waals surface area contributed by atoms with Crippen LogP contribution in [0, 0.1) is 0 Å². The summed E-state index contributed by atoms with van der Waals surface area (Å²) >= 11 is 1.50. The zero-order valence-corrected chi connectivity index (χ0v) is 18.6. The second-order valence-electron chi connectivity index (χ2n) is 7.61. The van der Waals surface area contributed by atoms with Crippen molar-refractivity contribution in [3.05, 3.63) is 81.6 Å².